The minimum Gasteiger partial charge on any atom is -0.497 e. The van der Waals surface area contributed by atoms with Gasteiger partial charge in [-0.25, -0.2) is 8.42 Å². The minimum absolute atomic E-state index is 0.144. The van der Waals surface area contributed by atoms with Crippen molar-refractivity contribution in [1.82, 2.24) is 9.21 Å². The van der Waals surface area contributed by atoms with E-state index in [-0.39, 0.29) is 17.3 Å². The molecule has 0 radical (unpaired) electrons. The van der Waals surface area contributed by atoms with E-state index in [1.807, 2.05) is 17.0 Å². The van der Waals surface area contributed by atoms with Crippen LogP contribution in [0.4, 0.5) is 5.69 Å². The number of anilines is 1. The van der Waals surface area contributed by atoms with E-state index in [9.17, 15) is 13.2 Å². The summed E-state index contributed by atoms with van der Waals surface area (Å²) < 4.78 is 37.6. The number of nitrogens with zero attached hydrogens (tertiary/aromatic N) is 2. The lowest BCUT2D eigenvalue weighted by molar-refractivity contribution is -0.117. The molecular formula is C21H27N3O5S. The smallest absolute Gasteiger partial charge is 0.243 e. The molecule has 0 aliphatic carbocycles. The first-order chi connectivity index (χ1) is 14.4. The van der Waals surface area contributed by atoms with Crippen molar-refractivity contribution in [3.05, 3.63) is 48.5 Å². The van der Waals surface area contributed by atoms with Crippen molar-refractivity contribution in [3.63, 3.8) is 0 Å². The highest BCUT2D eigenvalue weighted by molar-refractivity contribution is 7.89. The molecule has 0 saturated carbocycles. The lowest BCUT2D eigenvalue weighted by atomic mass is 10.3. The van der Waals surface area contributed by atoms with E-state index in [4.69, 9.17) is 9.47 Å². The van der Waals surface area contributed by atoms with Crippen LogP contribution in [0.2, 0.25) is 0 Å². The third kappa shape index (κ3) is 5.50. The molecule has 0 unspecified atom stereocenters. The molecule has 0 bridgehead atoms. The number of ether oxygens (including phenoxy) is 2. The molecule has 1 heterocycles. The molecule has 30 heavy (non-hydrogen) atoms. The first-order valence-electron chi connectivity index (χ1n) is 9.73. The Balaban J connectivity index is 1.58. The lowest BCUT2D eigenvalue weighted by Crippen LogP contribution is -2.38. The highest BCUT2D eigenvalue weighted by Gasteiger charge is 2.27. The van der Waals surface area contributed by atoms with E-state index < -0.39 is 10.0 Å². The fourth-order valence-corrected chi connectivity index (χ4v) is 4.82. The van der Waals surface area contributed by atoms with Gasteiger partial charge in [-0.3, -0.25) is 9.69 Å². The average molecular weight is 434 g/mol. The summed E-state index contributed by atoms with van der Waals surface area (Å²) in [7, 11) is -0.469. The molecule has 9 heteroatoms. The van der Waals surface area contributed by atoms with Crippen molar-refractivity contribution < 1.29 is 22.7 Å². The van der Waals surface area contributed by atoms with Gasteiger partial charge in [0.1, 0.15) is 11.5 Å². The maximum Gasteiger partial charge on any atom is 0.243 e. The third-order valence-electron chi connectivity index (χ3n) is 4.97. The van der Waals surface area contributed by atoms with Gasteiger partial charge in [0.2, 0.25) is 15.9 Å². The van der Waals surface area contributed by atoms with Crippen LogP contribution in [0, 0.1) is 0 Å². The van der Waals surface area contributed by atoms with E-state index in [0.29, 0.717) is 49.8 Å². The van der Waals surface area contributed by atoms with Gasteiger partial charge in [0.05, 0.1) is 25.7 Å². The zero-order chi connectivity index (χ0) is 21.6. The first kappa shape index (κ1) is 22.1. The largest absolute Gasteiger partial charge is 0.497 e. The van der Waals surface area contributed by atoms with Crippen LogP contribution in [-0.2, 0) is 14.8 Å². The van der Waals surface area contributed by atoms with Crippen LogP contribution in [0.25, 0.3) is 0 Å². The fourth-order valence-electron chi connectivity index (χ4n) is 3.35. The number of benzene rings is 2. The van der Waals surface area contributed by atoms with Gasteiger partial charge in [0, 0.05) is 31.4 Å². The fraction of sp³-hybridized carbons (Fsp3) is 0.381. The van der Waals surface area contributed by atoms with Crippen LogP contribution in [0.5, 0.6) is 11.5 Å². The normalized spacial score (nSPS) is 15.9. The summed E-state index contributed by atoms with van der Waals surface area (Å²) in [5.74, 6) is 1.13. The van der Waals surface area contributed by atoms with Gasteiger partial charge >= 0.3 is 0 Å². The Morgan fingerprint density at radius 1 is 0.967 bits per heavy atom. The number of carbonyl (C=O) groups is 1. The highest BCUT2D eigenvalue weighted by atomic mass is 32.2. The van der Waals surface area contributed by atoms with E-state index in [0.717, 1.165) is 0 Å². The highest BCUT2D eigenvalue weighted by Crippen LogP contribution is 2.21. The van der Waals surface area contributed by atoms with Gasteiger partial charge in [0.25, 0.3) is 0 Å². The molecule has 2 aromatic rings. The SMILES string of the molecule is COc1ccc(S(=O)(=O)N2CCCN(CC(=O)Nc3cccc(OC)c3)CC2)cc1. The molecule has 3 rings (SSSR count). The number of rotatable bonds is 7. The number of methoxy groups -OCH3 is 2. The number of amides is 1. The molecule has 2 aromatic carbocycles. The maximum atomic E-state index is 12.9. The summed E-state index contributed by atoms with van der Waals surface area (Å²) in [6.45, 7) is 2.10. The minimum atomic E-state index is -3.58. The van der Waals surface area contributed by atoms with E-state index >= 15 is 0 Å². The summed E-state index contributed by atoms with van der Waals surface area (Å²) in [6.07, 6.45) is 0.655. The molecule has 1 aliphatic rings. The number of hydrogen-bond donors (Lipinski definition) is 1. The van der Waals surface area contributed by atoms with Crippen LogP contribution in [0.15, 0.2) is 53.4 Å². The number of sulfonamides is 1. The Bertz CT molecular complexity index is 963. The van der Waals surface area contributed by atoms with Crippen LogP contribution in [0.3, 0.4) is 0 Å². The van der Waals surface area contributed by atoms with Crippen LogP contribution < -0.4 is 14.8 Å². The van der Waals surface area contributed by atoms with E-state index in [1.54, 1.807) is 43.5 Å². The molecule has 1 aliphatic heterocycles. The van der Waals surface area contributed by atoms with Gasteiger partial charge in [-0.2, -0.15) is 4.31 Å². The van der Waals surface area contributed by atoms with Crippen molar-refractivity contribution in [1.29, 1.82) is 0 Å². The van der Waals surface area contributed by atoms with E-state index in [2.05, 4.69) is 5.32 Å². The Kier molecular flexibility index (Phi) is 7.30. The zero-order valence-corrected chi connectivity index (χ0v) is 18.0. The predicted molar refractivity (Wildman–Crippen MR) is 114 cm³/mol. The van der Waals surface area contributed by atoms with Gasteiger partial charge in [0.15, 0.2) is 0 Å². The Hall–Kier alpha value is -2.62. The Morgan fingerprint density at radius 2 is 1.70 bits per heavy atom. The number of carbonyl (C=O) groups excluding carboxylic acids is 1. The monoisotopic (exact) mass is 433 g/mol. The molecule has 162 valence electrons. The second-order valence-electron chi connectivity index (χ2n) is 6.99. The van der Waals surface area contributed by atoms with E-state index in [1.165, 1.54) is 11.4 Å². The van der Waals surface area contributed by atoms with Gasteiger partial charge in [-0.1, -0.05) is 6.07 Å². The Labute approximate surface area is 177 Å². The molecule has 0 atom stereocenters. The molecule has 0 aromatic heterocycles. The van der Waals surface area contributed by atoms with Crippen LogP contribution in [-0.4, -0.2) is 70.5 Å². The molecule has 1 amide bonds. The standard InChI is InChI=1S/C21H27N3O5S/c1-28-18-7-9-20(10-8-18)30(26,27)24-12-4-11-23(13-14-24)16-21(25)22-17-5-3-6-19(15-17)29-2/h3,5-10,15H,4,11-14,16H2,1-2H3,(H,22,25). The van der Waals surface area contributed by atoms with Crippen LogP contribution in [0.1, 0.15) is 6.42 Å². The summed E-state index contributed by atoms with van der Waals surface area (Å²) in [4.78, 5) is 14.6. The quantitative estimate of drug-likeness (QED) is 0.719. The third-order valence-corrected chi connectivity index (χ3v) is 6.88. The number of hydrogen-bond acceptors (Lipinski definition) is 6. The summed E-state index contributed by atoms with van der Waals surface area (Å²) in [5.41, 5.74) is 0.665. The second-order valence-corrected chi connectivity index (χ2v) is 8.93. The topological polar surface area (TPSA) is 88.2 Å². The van der Waals surface area contributed by atoms with Crippen LogP contribution >= 0.6 is 0 Å². The molecule has 0 spiro atoms. The zero-order valence-electron chi connectivity index (χ0n) is 17.2. The van der Waals surface area contributed by atoms with Crippen molar-refractivity contribution in [2.24, 2.45) is 0 Å². The average Bonchev–Trinajstić information content (AvgIpc) is 3.00. The molecule has 8 nitrogen and oxygen atoms in total. The molecule has 1 saturated heterocycles. The molecule has 1 fully saturated rings. The number of nitrogens with one attached hydrogen (secondary N) is 1. The van der Waals surface area contributed by atoms with Gasteiger partial charge in [-0.05, 0) is 49.4 Å². The summed E-state index contributed by atoms with van der Waals surface area (Å²) in [5, 5.41) is 2.86. The molecule has 1 N–H and O–H groups in total. The van der Waals surface area contributed by atoms with Crippen molar-refractivity contribution in [2.45, 2.75) is 11.3 Å². The molecular weight excluding hydrogens is 406 g/mol. The second kappa shape index (κ2) is 9.92. The van der Waals surface area contributed by atoms with Crippen molar-refractivity contribution >= 4 is 21.6 Å². The first-order valence-corrected chi connectivity index (χ1v) is 11.2. The van der Waals surface area contributed by atoms with Crippen molar-refractivity contribution in [2.75, 3.05) is 52.3 Å². The van der Waals surface area contributed by atoms with Gasteiger partial charge in [-0.15, -0.1) is 0 Å². The van der Waals surface area contributed by atoms with Gasteiger partial charge < -0.3 is 14.8 Å². The summed E-state index contributed by atoms with van der Waals surface area (Å²) >= 11 is 0. The summed E-state index contributed by atoms with van der Waals surface area (Å²) in [6, 6.07) is 13.6. The van der Waals surface area contributed by atoms with Crippen molar-refractivity contribution in [3.8, 4) is 11.5 Å². The predicted octanol–water partition coefficient (Wildman–Crippen LogP) is 2.04. The lowest BCUT2D eigenvalue weighted by Gasteiger charge is -2.21. The maximum absolute atomic E-state index is 12.9. The Morgan fingerprint density at radius 3 is 2.40 bits per heavy atom.